The van der Waals surface area contributed by atoms with Crippen molar-refractivity contribution >= 4 is 17.8 Å². The highest BCUT2D eigenvalue weighted by Crippen LogP contribution is 2.52. The van der Waals surface area contributed by atoms with Gasteiger partial charge in [0.05, 0.1) is 6.10 Å². The molecule has 0 aromatic heterocycles. The summed E-state index contributed by atoms with van der Waals surface area (Å²) in [5.41, 5.74) is 0.186. The zero-order valence-electron chi connectivity index (χ0n) is 23.9. The highest BCUT2D eigenvalue weighted by atomic mass is 19.1. The molecule has 0 unspecified atom stereocenters. The molecule has 6 atom stereocenters. The van der Waals surface area contributed by atoms with Crippen LogP contribution in [0.1, 0.15) is 52.6 Å². The van der Waals surface area contributed by atoms with Crippen LogP contribution in [-0.2, 0) is 11.2 Å². The summed E-state index contributed by atoms with van der Waals surface area (Å²) in [6.07, 6.45) is -1.80. The topological polar surface area (TPSA) is 183 Å². The summed E-state index contributed by atoms with van der Waals surface area (Å²) in [5.74, 6) is -3.77. The molecule has 0 spiro atoms. The van der Waals surface area contributed by atoms with Crippen LogP contribution in [0.2, 0.25) is 0 Å². The van der Waals surface area contributed by atoms with Crippen LogP contribution in [0.4, 0.5) is 9.18 Å². The molecule has 41 heavy (non-hydrogen) atoms. The highest BCUT2D eigenvalue weighted by Gasteiger charge is 2.75. The third kappa shape index (κ3) is 5.40. The van der Waals surface area contributed by atoms with Gasteiger partial charge in [-0.3, -0.25) is 4.79 Å². The van der Waals surface area contributed by atoms with E-state index in [4.69, 9.17) is 10.5 Å². The van der Waals surface area contributed by atoms with Gasteiger partial charge in [-0.05, 0) is 69.5 Å². The Hall–Kier alpha value is -3.58. The second-order valence-electron chi connectivity index (χ2n) is 11.2. The fourth-order valence-corrected chi connectivity index (χ4v) is 5.88. The number of carbonyl (C=O) groups is 3. The van der Waals surface area contributed by atoms with Crippen LogP contribution >= 0.6 is 0 Å². The number of phenols is 1. The zero-order valence-corrected chi connectivity index (χ0v) is 23.9. The third-order valence-corrected chi connectivity index (χ3v) is 8.30. The fourth-order valence-electron chi connectivity index (χ4n) is 5.88. The molecule has 1 aliphatic rings. The Labute approximate surface area is 237 Å². The predicted molar refractivity (Wildman–Crippen MR) is 147 cm³/mol. The average Bonchev–Trinajstić information content (AvgIpc) is 2.98. The standard InChI is InChI=1S/C29H38FN3O8/c1-15-8-7-9-22(36)23(15)25(37)41-14-28(40)21(12-18-10-19(16(2)34)13-20(30)11-18)24(31)29(17(3)35,27(28,4)39)32-26(38)33(5)6/h7-11,13,17,21,24,35-36,39-40H,12,14,31H2,1-6H3,(H,32,38)/t17-,21+,24+,27+,28-,29+/m1/s1. The van der Waals surface area contributed by atoms with E-state index in [1.54, 1.807) is 13.0 Å². The second-order valence-corrected chi connectivity index (χ2v) is 11.2. The Morgan fingerprint density at radius 3 is 2.37 bits per heavy atom. The largest absolute Gasteiger partial charge is 0.507 e. The Kier molecular flexibility index (Phi) is 8.85. The summed E-state index contributed by atoms with van der Waals surface area (Å²) in [7, 11) is 2.85. The predicted octanol–water partition coefficient (Wildman–Crippen LogP) is 1.27. The quantitative estimate of drug-likeness (QED) is 0.199. The summed E-state index contributed by atoms with van der Waals surface area (Å²) < 4.78 is 19.9. The number of esters is 1. The van der Waals surface area contributed by atoms with Crippen LogP contribution in [0, 0.1) is 18.7 Å². The van der Waals surface area contributed by atoms with Crippen LogP contribution in [0.25, 0.3) is 0 Å². The second kappa shape index (κ2) is 11.4. The SMILES string of the molecule is CC(=O)c1cc(F)cc(C[C@H]2[C@H](N)[C@@](NC(=O)N(C)C)([C@@H](C)O)[C@@](C)(O)[C@@]2(O)COC(=O)c2c(C)cccc2O)c1. The summed E-state index contributed by atoms with van der Waals surface area (Å²) >= 11 is 0. The minimum absolute atomic E-state index is 0.0611. The molecule has 2 aromatic rings. The molecule has 0 aliphatic heterocycles. The number of hydrogen-bond acceptors (Lipinski definition) is 9. The molecule has 1 aliphatic carbocycles. The van der Waals surface area contributed by atoms with Gasteiger partial charge in [-0.15, -0.1) is 0 Å². The van der Waals surface area contributed by atoms with Gasteiger partial charge in [0.25, 0.3) is 0 Å². The van der Waals surface area contributed by atoms with Crippen molar-refractivity contribution < 1.29 is 43.9 Å². The number of phenolic OH excluding ortho intramolecular Hbond substituents is 1. The number of benzene rings is 2. The molecule has 7 N–H and O–H groups in total. The van der Waals surface area contributed by atoms with Crippen LogP contribution < -0.4 is 11.1 Å². The van der Waals surface area contributed by atoms with Crippen LogP contribution in [-0.4, -0.2) is 92.7 Å². The maximum Gasteiger partial charge on any atom is 0.342 e. The van der Waals surface area contributed by atoms with E-state index < -0.39 is 65.0 Å². The number of Topliss-reactive ketones (excluding diaryl/α,β-unsaturated/α-hetero) is 1. The number of hydrogen-bond donors (Lipinski definition) is 6. The Balaban J connectivity index is 2.16. The monoisotopic (exact) mass is 575 g/mol. The van der Waals surface area contributed by atoms with E-state index >= 15 is 0 Å². The molecule has 0 heterocycles. The van der Waals surface area contributed by atoms with Crippen molar-refractivity contribution in [3.05, 3.63) is 64.5 Å². The normalized spacial score (nSPS) is 28.2. The van der Waals surface area contributed by atoms with Crippen LogP contribution in [0.5, 0.6) is 5.75 Å². The number of carbonyl (C=O) groups excluding carboxylic acids is 3. The molecule has 0 bridgehead atoms. The summed E-state index contributed by atoms with van der Waals surface area (Å²) in [4.78, 5) is 39.0. The molecule has 0 radical (unpaired) electrons. The summed E-state index contributed by atoms with van der Waals surface area (Å²) in [5, 5.41) is 48.1. The number of nitrogens with zero attached hydrogens (tertiary/aromatic N) is 1. The maximum absolute atomic E-state index is 14.5. The van der Waals surface area contributed by atoms with Gasteiger partial charge in [-0.25, -0.2) is 14.0 Å². The van der Waals surface area contributed by atoms with Crippen molar-refractivity contribution in [3.63, 3.8) is 0 Å². The first-order valence-electron chi connectivity index (χ1n) is 13.0. The molecule has 3 rings (SSSR count). The number of aromatic hydroxyl groups is 1. The van der Waals surface area contributed by atoms with Gasteiger partial charge in [-0.2, -0.15) is 0 Å². The lowest BCUT2D eigenvalue weighted by atomic mass is 9.73. The smallest absolute Gasteiger partial charge is 0.342 e. The van der Waals surface area contributed by atoms with Crippen LogP contribution in [0.15, 0.2) is 36.4 Å². The average molecular weight is 576 g/mol. The van der Waals surface area contributed by atoms with E-state index in [2.05, 4.69) is 5.32 Å². The molecule has 1 saturated carbocycles. The Morgan fingerprint density at radius 2 is 1.83 bits per heavy atom. The number of ether oxygens (including phenoxy) is 1. The summed E-state index contributed by atoms with van der Waals surface area (Å²) in [6.45, 7) is 4.38. The van der Waals surface area contributed by atoms with E-state index in [1.807, 2.05) is 0 Å². The van der Waals surface area contributed by atoms with Crippen molar-refractivity contribution in [2.75, 3.05) is 20.7 Å². The lowest BCUT2D eigenvalue weighted by Gasteiger charge is -2.49. The maximum atomic E-state index is 14.5. The molecular formula is C29H38FN3O8. The molecule has 2 aromatic carbocycles. The molecule has 12 heteroatoms. The first kappa shape index (κ1) is 31.9. The number of urea groups is 1. The van der Waals surface area contributed by atoms with Gasteiger partial charge < -0.3 is 41.1 Å². The number of aliphatic hydroxyl groups is 3. The summed E-state index contributed by atoms with van der Waals surface area (Å²) in [6, 6.07) is 5.85. The zero-order chi connectivity index (χ0) is 31.1. The number of nitrogens with one attached hydrogen (secondary N) is 1. The molecule has 1 fully saturated rings. The van der Waals surface area contributed by atoms with Crippen molar-refractivity contribution in [1.82, 2.24) is 10.2 Å². The van der Waals surface area contributed by atoms with E-state index in [1.165, 1.54) is 46.1 Å². The van der Waals surface area contributed by atoms with E-state index in [-0.39, 0.29) is 28.9 Å². The van der Waals surface area contributed by atoms with Crippen molar-refractivity contribution in [2.24, 2.45) is 11.7 Å². The number of rotatable bonds is 8. The first-order chi connectivity index (χ1) is 18.9. The van der Waals surface area contributed by atoms with Crippen molar-refractivity contribution in [3.8, 4) is 5.75 Å². The minimum atomic E-state index is -2.45. The number of nitrogens with two attached hydrogens (primary N) is 1. The van der Waals surface area contributed by atoms with E-state index in [9.17, 15) is 39.2 Å². The van der Waals surface area contributed by atoms with Gasteiger partial charge in [0.15, 0.2) is 5.78 Å². The molecule has 0 saturated heterocycles. The van der Waals surface area contributed by atoms with E-state index in [0.717, 1.165) is 24.0 Å². The van der Waals surface area contributed by atoms with Crippen molar-refractivity contribution in [2.45, 2.75) is 63.0 Å². The molecule has 11 nitrogen and oxygen atoms in total. The number of aliphatic hydroxyl groups excluding tert-OH is 1. The lowest BCUT2D eigenvalue weighted by Crippen LogP contribution is -2.76. The third-order valence-electron chi connectivity index (χ3n) is 8.30. The van der Waals surface area contributed by atoms with Crippen molar-refractivity contribution in [1.29, 1.82) is 0 Å². The Morgan fingerprint density at radius 1 is 1.20 bits per heavy atom. The lowest BCUT2D eigenvalue weighted by molar-refractivity contribution is -0.195. The molecular weight excluding hydrogens is 537 g/mol. The number of ketones is 1. The van der Waals surface area contributed by atoms with Gasteiger partial charge in [0, 0.05) is 31.6 Å². The number of amides is 2. The molecule has 224 valence electrons. The van der Waals surface area contributed by atoms with Crippen LogP contribution in [0.3, 0.4) is 0 Å². The first-order valence-corrected chi connectivity index (χ1v) is 13.0. The fraction of sp³-hybridized carbons (Fsp3) is 0.483. The molecule has 2 amide bonds. The van der Waals surface area contributed by atoms with Gasteiger partial charge in [-0.1, -0.05) is 12.1 Å². The number of halogens is 1. The van der Waals surface area contributed by atoms with Gasteiger partial charge >= 0.3 is 12.0 Å². The van der Waals surface area contributed by atoms with E-state index in [0.29, 0.717) is 5.56 Å². The van der Waals surface area contributed by atoms with Gasteiger partial charge in [0.2, 0.25) is 0 Å². The highest BCUT2D eigenvalue weighted by molar-refractivity contribution is 5.94. The van der Waals surface area contributed by atoms with Gasteiger partial charge in [0.1, 0.15) is 40.5 Å². The Bertz CT molecular complexity index is 1330. The minimum Gasteiger partial charge on any atom is -0.507 e. The number of aryl methyl sites for hydroxylation is 1.